The number of nitro groups is 1. The number of thiol groups is 1. The highest BCUT2D eigenvalue weighted by Gasteiger charge is 2.16. The number of amides is 1. The Morgan fingerprint density at radius 3 is 2.71 bits per heavy atom. The molecule has 0 heterocycles. The van der Waals surface area contributed by atoms with E-state index in [1.807, 2.05) is 0 Å². The maximum absolute atomic E-state index is 10.6. The van der Waals surface area contributed by atoms with E-state index in [9.17, 15) is 14.9 Å². The van der Waals surface area contributed by atoms with Gasteiger partial charge in [-0.1, -0.05) is 12.1 Å². The number of nitro benzene ring substituents is 1. The lowest BCUT2D eigenvalue weighted by atomic mass is 10.1. The summed E-state index contributed by atoms with van der Waals surface area (Å²) in [5.41, 5.74) is 7.07. The summed E-state index contributed by atoms with van der Waals surface area (Å²) >= 11 is 3.87. The number of benzene rings is 1. The Kier molecular flexibility index (Phi) is 3.08. The normalized spacial score (nSPS) is 12.1. The van der Waals surface area contributed by atoms with E-state index in [2.05, 4.69) is 12.6 Å². The number of non-ortho nitro benzene ring substituents is 1. The fourth-order valence-corrected chi connectivity index (χ4v) is 1.12. The van der Waals surface area contributed by atoms with E-state index in [0.717, 1.165) is 0 Å². The van der Waals surface area contributed by atoms with Crippen LogP contribution >= 0.6 is 12.6 Å². The van der Waals surface area contributed by atoms with E-state index in [0.29, 0.717) is 5.56 Å². The van der Waals surface area contributed by atoms with Crippen molar-refractivity contribution >= 4 is 24.2 Å². The second kappa shape index (κ2) is 4.10. The summed E-state index contributed by atoms with van der Waals surface area (Å²) in [7, 11) is 0. The zero-order valence-electron chi connectivity index (χ0n) is 7.01. The molecular weight excluding hydrogens is 204 g/mol. The smallest absolute Gasteiger partial charge is 0.269 e. The molecular formula is C8H7N2O3S. The van der Waals surface area contributed by atoms with Gasteiger partial charge in [0, 0.05) is 12.1 Å². The van der Waals surface area contributed by atoms with Gasteiger partial charge in [-0.2, -0.15) is 12.6 Å². The van der Waals surface area contributed by atoms with Crippen molar-refractivity contribution in [3.05, 3.63) is 39.9 Å². The molecule has 0 aromatic heterocycles. The van der Waals surface area contributed by atoms with Gasteiger partial charge in [0.1, 0.15) is 5.25 Å². The van der Waals surface area contributed by atoms with Gasteiger partial charge in [0.05, 0.1) is 4.92 Å². The lowest BCUT2D eigenvalue weighted by Gasteiger charge is -2.04. The Morgan fingerprint density at radius 1 is 1.57 bits per heavy atom. The molecule has 1 aromatic rings. The first-order valence-corrected chi connectivity index (χ1v) is 4.22. The Hall–Kier alpha value is -1.56. The van der Waals surface area contributed by atoms with E-state index in [4.69, 9.17) is 5.73 Å². The Labute approximate surface area is 85.5 Å². The predicted octanol–water partition coefficient (Wildman–Crippen LogP) is 1.38. The van der Waals surface area contributed by atoms with Crippen molar-refractivity contribution in [1.29, 1.82) is 0 Å². The van der Waals surface area contributed by atoms with Crippen LogP contribution in [0.25, 0.3) is 0 Å². The van der Waals surface area contributed by atoms with Crippen molar-refractivity contribution in [2.45, 2.75) is 5.25 Å². The standard InChI is InChI=1S/C8H7N2O3S/c9-8(11)7(14)5-2-1-3-6(4-5)10(12)13/h1-4,7,9,14H. The SMILES string of the molecule is [NH]C(=O)C(S)c1cccc([N+](=O)[O-])c1. The Morgan fingerprint density at radius 2 is 2.21 bits per heavy atom. The molecule has 0 saturated carbocycles. The monoisotopic (exact) mass is 211 g/mol. The molecule has 0 aliphatic rings. The summed E-state index contributed by atoms with van der Waals surface area (Å²) in [6.45, 7) is 0. The number of carbonyl (C=O) groups is 1. The quantitative estimate of drug-likeness (QED) is 0.465. The van der Waals surface area contributed by atoms with Crippen molar-refractivity contribution in [3.8, 4) is 0 Å². The molecule has 0 bridgehead atoms. The third kappa shape index (κ3) is 2.23. The molecule has 1 unspecified atom stereocenters. The van der Waals surface area contributed by atoms with Gasteiger partial charge in [-0.15, -0.1) is 0 Å². The first-order valence-electron chi connectivity index (χ1n) is 3.70. The fourth-order valence-electron chi connectivity index (χ4n) is 0.960. The third-order valence-corrected chi connectivity index (χ3v) is 2.18. The van der Waals surface area contributed by atoms with Crippen molar-refractivity contribution in [2.24, 2.45) is 0 Å². The zero-order valence-corrected chi connectivity index (χ0v) is 7.90. The molecule has 1 atom stereocenters. The number of hydrogen-bond donors (Lipinski definition) is 1. The zero-order chi connectivity index (χ0) is 10.7. The average Bonchev–Trinajstić information content (AvgIpc) is 2.16. The molecule has 1 aromatic carbocycles. The van der Waals surface area contributed by atoms with E-state index in [-0.39, 0.29) is 5.69 Å². The number of nitrogens with zero attached hydrogens (tertiary/aromatic N) is 1. The second-order valence-corrected chi connectivity index (χ2v) is 3.14. The van der Waals surface area contributed by atoms with Crippen LogP contribution in [0.4, 0.5) is 5.69 Å². The molecule has 1 amide bonds. The van der Waals surface area contributed by atoms with Gasteiger partial charge >= 0.3 is 0 Å². The number of nitrogens with one attached hydrogen (secondary N) is 1. The number of rotatable bonds is 3. The Bertz CT molecular complexity index is 381. The molecule has 73 valence electrons. The van der Waals surface area contributed by atoms with Gasteiger partial charge in [-0.3, -0.25) is 20.6 Å². The molecule has 14 heavy (non-hydrogen) atoms. The van der Waals surface area contributed by atoms with Crippen LogP contribution in [0.1, 0.15) is 10.8 Å². The maximum atomic E-state index is 10.6. The van der Waals surface area contributed by atoms with Crippen LogP contribution in [0.15, 0.2) is 24.3 Å². The molecule has 0 fully saturated rings. The second-order valence-electron chi connectivity index (χ2n) is 2.62. The molecule has 1 N–H and O–H groups in total. The summed E-state index contributed by atoms with van der Waals surface area (Å²) in [5, 5.41) is 9.47. The largest absolute Gasteiger partial charge is 0.272 e. The average molecular weight is 211 g/mol. The minimum Gasteiger partial charge on any atom is -0.272 e. The highest BCUT2D eigenvalue weighted by atomic mass is 32.1. The van der Waals surface area contributed by atoms with Gasteiger partial charge in [-0.25, -0.2) is 0 Å². The van der Waals surface area contributed by atoms with E-state index < -0.39 is 16.1 Å². The number of carbonyl (C=O) groups excluding carboxylic acids is 1. The molecule has 0 saturated heterocycles. The summed E-state index contributed by atoms with van der Waals surface area (Å²) in [6.07, 6.45) is 0. The predicted molar refractivity (Wildman–Crippen MR) is 52.9 cm³/mol. The molecule has 1 rings (SSSR count). The van der Waals surface area contributed by atoms with E-state index in [1.54, 1.807) is 0 Å². The van der Waals surface area contributed by atoms with Crippen molar-refractivity contribution < 1.29 is 9.72 Å². The van der Waals surface area contributed by atoms with Gasteiger partial charge < -0.3 is 0 Å². The lowest BCUT2D eigenvalue weighted by molar-refractivity contribution is -0.384. The first-order chi connectivity index (χ1) is 6.52. The van der Waals surface area contributed by atoms with Gasteiger partial charge in [0.25, 0.3) is 11.6 Å². The Balaban J connectivity index is 3.05. The molecule has 0 spiro atoms. The minimum absolute atomic E-state index is 0.109. The summed E-state index contributed by atoms with van der Waals surface area (Å²) < 4.78 is 0. The summed E-state index contributed by atoms with van der Waals surface area (Å²) in [5.74, 6) is -0.881. The molecule has 1 radical (unpaired) electrons. The minimum atomic E-state index is -0.921. The molecule has 5 nitrogen and oxygen atoms in total. The maximum Gasteiger partial charge on any atom is 0.269 e. The topological polar surface area (TPSA) is 84.0 Å². The first kappa shape index (κ1) is 10.5. The van der Waals surface area contributed by atoms with Crippen LogP contribution in [0.5, 0.6) is 0 Å². The highest BCUT2D eigenvalue weighted by Crippen LogP contribution is 2.23. The summed E-state index contributed by atoms with van der Waals surface area (Å²) in [4.78, 5) is 20.5. The van der Waals surface area contributed by atoms with Gasteiger partial charge in [-0.05, 0) is 5.56 Å². The van der Waals surface area contributed by atoms with Crippen LogP contribution in [0.2, 0.25) is 0 Å². The number of hydrogen-bond acceptors (Lipinski definition) is 4. The molecule has 6 heteroatoms. The summed E-state index contributed by atoms with van der Waals surface area (Å²) in [6, 6.07) is 5.54. The van der Waals surface area contributed by atoms with Crippen LogP contribution in [0, 0.1) is 10.1 Å². The van der Waals surface area contributed by atoms with Gasteiger partial charge in [0.15, 0.2) is 0 Å². The highest BCUT2D eigenvalue weighted by molar-refractivity contribution is 7.81. The fraction of sp³-hybridized carbons (Fsp3) is 0.125. The van der Waals surface area contributed by atoms with Crippen LogP contribution in [0.3, 0.4) is 0 Å². The van der Waals surface area contributed by atoms with Crippen molar-refractivity contribution in [2.75, 3.05) is 0 Å². The third-order valence-electron chi connectivity index (χ3n) is 1.65. The van der Waals surface area contributed by atoms with Crippen molar-refractivity contribution in [1.82, 2.24) is 5.73 Å². The van der Waals surface area contributed by atoms with E-state index >= 15 is 0 Å². The molecule has 0 aliphatic carbocycles. The van der Waals surface area contributed by atoms with Crippen LogP contribution < -0.4 is 5.73 Å². The van der Waals surface area contributed by atoms with Gasteiger partial charge in [0.2, 0.25) is 0 Å². The lowest BCUT2D eigenvalue weighted by Crippen LogP contribution is -2.07. The van der Waals surface area contributed by atoms with Crippen LogP contribution in [-0.2, 0) is 4.79 Å². The van der Waals surface area contributed by atoms with Crippen molar-refractivity contribution in [3.63, 3.8) is 0 Å². The molecule has 0 aliphatic heterocycles. The van der Waals surface area contributed by atoms with E-state index in [1.165, 1.54) is 24.3 Å². The van der Waals surface area contributed by atoms with Crippen LogP contribution in [-0.4, -0.2) is 10.8 Å².